The third kappa shape index (κ3) is 5.58. The van der Waals surface area contributed by atoms with Gasteiger partial charge in [0.25, 0.3) is 5.17 Å². The van der Waals surface area contributed by atoms with Gasteiger partial charge in [0, 0.05) is 14.1 Å². The summed E-state index contributed by atoms with van der Waals surface area (Å²) in [6.07, 6.45) is 1.51. The Morgan fingerprint density at radius 1 is 0.903 bits per heavy atom. The van der Waals surface area contributed by atoms with E-state index in [9.17, 15) is 9.90 Å². The van der Waals surface area contributed by atoms with Gasteiger partial charge >= 0.3 is 5.97 Å². The van der Waals surface area contributed by atoms with Crippen molar-refractivity contribution in [1.29, 1.82) is 0 Å². The molecular weight excluding hydrogens is 422 g/mol. The van der Waals surface area contributed by atoms with Gasteiger partial charge in [0.2, 0.25) is 5.75 Å². The minimum atomic E-state index is -1.12. The molecule has 0 aliphatic carbocycles. The summed E-state index contributed by atoms with van der Waals surface area (Å²) in [5.74, 6) is 0.779. The fourth-order valence-corrected chi connectivity index (χ4v) is 2.81. The van der Waals surface area contributed by atoms with Crippen molar-refractivity contribution in [2.45, 2.75) is 0 Å². The van der Waals surface area contributed by atoms with Crippen molar-refractivity contribution < 1.29 is 33.6 Å². The molecule has 2 aromatic rings. The van der Waals surface area contributed by atoms with Crippen LogP contribution in [0.3, 0.4) is 0 Å². The summed E-state index contributed by atoms with van der Waals surface area (Å²) in [6, 6.07) is 8.18. The Bertz CT molecular complexity index is 976. The van der Waals surface area contributed by atoms with Crippen molar-refractivity contribution in [3.63, 3.8) is 0 Å². The van der Waals surface area contributed by atoms with Crippen molar-refractivity contribution in [1.82, 2.24) is 4.90 Å². The third-order valence-corrected chi connectivity index (χ3v) is 4.72. The molecule has 0 amide bonds. The summed E-state index contributed by atoms with van der Waals surface area (Å²) in [4.78, 5) is 13.7. The van der Waals surface area contributed by atoms with Crippen LogP contribution in [0, 0.1) is 0 Å². The van der Waals surface area contributed by atoms with E-state index in [-0.39, 0.29) is 10.7 Å². The van der Waals surface area contributed by atoms with Crippen molar-refractivity contribution in [2.24, 2.45) is 0 Å². The summed E-state index contributed by atoms with van der Waals surface area (Å²) >= 11 is 5.16. The van der Waals surface area contributed by atoms with Crippen LogP contribution in [0.25, 0.3) is 11.6 Å². The molecule has 0 radical (unpaired) electrons. The van der Waals surface area contributed by atoms with Gasteiger partial charge in [0.15, 0.2) is 23.0 Å². The van der Waals surface area contributed by atoms with E-state index in [1.54, 1.807) is 49.3 Å². The lowest BCUT2D eigenvalue weighted by molar-refractivity contribution is -0.130. The van der Waals surface area contributed by atoms with Gasteiger partial charge in [-0.3, -0.25) is 0 Å². The number of methoxy groups -OCH3 is 4. The molecule has 0 aromatic heterocycles. The molecule has 2 rings (SSSR count). The van der Waals surface area contributed by atoms with E-state index in [1.807, 2.05) is 0 Å². The van der Waals surface area contributed by atoms with Crippen LogP contribution in [0.1, 0.15) is 11.1 Å². The van der Waals surface area contributed by atoms with Gasteiger partial charge in [-0.1, -0.05) is 6.07 Å². The summed E-state index contributed by atoms with van der Waals surface area (Å²) < 4.78 is 27.0. The highest BCUT2D eigenvalue weighted by molar-refractivity contribution is 7.80. The van der Waals surface area contributed by atoms with Crippen LogP contribution >= 0.6 is 12.2 Å². The molecule has 0 unspecified atom stereocenters. The van der Waals surface area contributed by atoms with Gasteiger partial charge in [-0.25, -0.2) is 4.79 Å². The van der Waals surface area contributed by atoms with Gasteiger partial charge in [-0.15, -0.1) is 0 Å². The lowest BCUT2D eigenvalue weighted by atomic mass is 10.0. The predicted molar refractivity (Wildman–Crippen MR) is 122 cm³/mol. The molecule has 31 heavy (non-hydrogen) atoms. The predicted octanol–water partition coefficient (Wildman–Crippen LogP) is 3.57. The molecule has 0 aliphatic rings. The minimum Gasteiger partial charge on any atom is -0.493 e. The normalized spacial score (nSPS) is 10.8. The molecule has 0 spiro atoms. The summed E-state index contributed by atoms with van der Waals surface area (Å²) in [6.45, 7) is 0. The van der Waals surface area contributed by atoms with Gasteiger partial charge in [0.05, 0.1) is 34.0 Å². The molecule has 0 saturated heterocycles. The van der Waals surface area contributed by atoms with Crippen molar-refractivity contribution >= 4 is 35.0 Å². The average molecular weight is 448 g/mol. The van der Waals surface area contributed by atoms with Crippen LogP contribution in [-0.2, 0) is 4.79 Å². The van der Waals surface area contributed by atoms with Crippen LogP contribution in [0.5, 0.6) is 28.7 Å². The van der Waals surface area contributed by atoms with Crippen molar-refractivity contribution in [2.75, 3.05) is 42.5 Å². The number of thiocarbonyl (C=S) groups is 1. The molecule has 0 saturated carbocycles. The Labute approximate surface area is 186 Å². The summed E-state index contributed by atoms with van der Waals surface area (Å²) in [5, 5.41) is 10.1. The number of carboxylic acids is 1. The summed E-state index contributed by atoms with van der Waals surface area (Å²) in [5.41, 5.74) is 1.000. The lowest BCUT2D eigenvalue weighted by Crippen LogP contribution is -2.25. The number of nitrogens with zero attached hydrogens (tertiary/aromatic N) is 1. The van der Waals surface area contributed by atoms with E-state index in [2.05, 4.69) is 0 Å². The minimum absolute atomic E-state index is 0.0267. The van der Waals surface area contributed by atoms with E-state index in [1.165, 1.54) is 34.5 Å². The van der Waals surface area contributed by atoms with Gasteiger partial charge in [-0.2, -0.15) is 0 Å². The Balaban J connectivity index is 2.54. The van der Waals surface area contributed by atoms with E-state index in [0.29, 0.717) is 39.9 Å². The first-order valence-corrected chi connectivity index (χ1v) is 9.49. The van der Waals surface area contributed by atoms with Crippen LogP contribution in [0.2, 0.25) is 0 Å². The zero-order valence-corrected chi connectivity index (χ0v) is 19.0. The van der Waals surface area contributed by atoms with Crippen LogP contribution in [0.15, 0.2) is 30.3 Å². The molecule has 166 valence electrons. The number of ether oxygens (including phenoxy) is 5. The highest BCUT2D eigenvalue weighted by atomic mass is 32.1. The van der Waals surface area contributed by atoms with Crippen molar-refractivity contribution in [3.05, 3.63) is 41.5 Å². The first-order chi connectivity index (χ1) is 14.7. The molecule has 8 nitrogen and oxygen atoms in total. The Hall–Kier alpha value is -3.46. The van der Waals surface area contributed by atoms with E-state index in [0.717, 1.165) is 0 Å². The van der Waals surface area contributed by atoms with E-state index < -0.39 is 5.97 Å². The standard InChI is InChI=1S/C22H25NO7S/c1-23(2)22(31)30-16-8-7-13(10-17(16)26-3)9-15(21(24)25)14-11-18(27-4)20(29-6)19(12-14)28-5/h7-12H,1-6H3,(H,24,25)/b15-9+. The maximum Gasteiger partial charge on any atom is 0.336 e. The third-order valence-electron chi connectivity index (χ3n) is 4.27. The van der Waals surface area contributed by atoms with Crippen molar-refractivity contribution in [3.8, 4) is 28.7 Å². The number of hydrogen-bond acceptors (Lipinski definition) is 7. The maximum absolute atomic E-state index is 12.0. The number of aliphatic carboxylic acids is 1. The number of carbonyl (C=O) groups is 1. The number of rotatable bonds is 8. The maximum atomic E-state index is 12.0. The Morgan fingerprint density at radius 3 is 1.94 bits per heavy atom. The smallest absolute Gasteiger partial charge is 0.336 e. The molecule has 0 aliphatic heterocycles. The molecule has 0 fully saturated rings. The van der Waals surface area contributed by atoms with Crippen LogP contribution in [0.4, 0.5) is 0 Å². The average Bonchev–Trinajstić information content (AvgIpc) is 2.76. The Kier molecular flexibility index (Phi) is 8.09. The first kappa shape index (κ1) is 23.8. The second-order valence-corrected chi connectivity index (χ2v) is 6.80. The van der Waals surface area contributed by atoms with Crippen LogP contribution in [-0.4, -0.2) is 63.7 Å². The molecule has 0 heterocycles. The topological polar surface area (TPSA) is 86.7 Å². The van der Waals surface area contributed by atoms with Crippen LogP contribution < -0.4 is 23.7 Å². The quantitative estimate of drug-likeness (QED) is 0.371. The monoisotopic (exact) mass is 447 g/mol. The van der Waals surface area contributed by atoms with E-state index >= 15 is 0 Å². The molecule has 9 heteroatoms. The zero-order valence-electron chi connectivity index (χ0n) is 18.2. The highest BCUT2D eigenvalue weighted by Gasteiger charge is 2.19. The number of hydrogen-bond donors (Lipinski definition) is 1. The second-order valence-electron chi connectivity index (χ2n) is 6.45. The fraction of sp³-hybridized carbons (Fsp3) is 0.273. The molecule has 1 N–H and O–H groups in total. The lowest BCUT2D eigenvalue weighted by Gasteiger charge is -2.16. The number of carboxylic acid groups (broad SMARTS) is 1. The second kappa shape index (κ2) is 10.5. The molecule has 0 bridgehead atoms. The molecular formula is C22H25NO7S. The first-order valence-electron chi connectivity index (χ1n) is 9.08. The number of benzene rings is 2. The fourth-order valence-electron chi connectivity index (χ4n) is 2.72. The van der Waals surface area contributed by atoms with E-state index in [4.69, 9.17) is 35.9 Å². The highest BCUT2D eigenvalue weighted by Crippen LogP contribution is 2.40. The zero-order chi connectivity index (χ0) is 23.1. The molecule has 0 atom stereocenters. The van der Waals surface area contributed by atoms with Gasteiger partial charge in [0.1, 0.15) is 0 Å². The molecule has 2 aromatic carbocycles. The summed E-state index contributed by atoms with van der Waals surface area (Å²) in [7, 11) is 9.43. The van der Waals surface area contributed by atoms with Gasteiger partial charge < -0.3 is 33.7 Å². The largest absolute Gasteiger partial charge is 0.493 e. The van der Waals surface area contributed by atoms with Gasteiger partial charge in [-0.05, 0) is 53.7 Å². The Morgan fingerprint density at radius 2 is 1.48 bits per heavy atom. The SMILES string of the molecule is COc1cc(/C=C(/C(=O)O)c2cc(OC)c(OC)c(OC)c2)ccc1OC(=S)N(C)C.